The van der Waals surface area contributed by atoms with Gasteiger partial charge in [-0.15, -0.1) is 6.58 Å². The van der Waals surface area contributed by atoms with Gasteiger partial charge in [0, 0.05) is 56.4 Å². The zero-order chi connectivity index (χ0) is 44.1. The Bertz CT molecular complexity index is 3570. The van der Waals surface area contributed by atoms with Crippen molar-refractivity contribution in [2.75, 3.05) is 0 Å². The summed E-state index contributed by atoms with van der Waals surface area (Å²) in [6.07, 6.45) is 6.40. The fraction of sp³-hybridized carbons (Fsp3) is 0.0323. The van der Waals surface area contributed by atoms with Crippen LogP contribution in [-0.2, 0) is 6.42 Å². The lowest BCUT2D eigenvalue weighted by Gasteiger charge is -2.13. The minimum Gasteiger partial charge on any atom is -0.309 e. The van der Waals surface area contributed by atoms with Gasteiger partial charge in [-0.05, 0) is 143 Å². The van der Waals surface area contributed by atoms with Crippen molar-refractivity contribution < 1.29 is 0 Å². The Morgan fingerprint density at radius 3 is 1.21 bits per heavy atom. The van der Waals surface area contributed by atoms with Gasteiger partial charge in [0.25, 0.3) is 0 Å². The van der Waals surface area contributed by atoms with E-state index in [9.17, 15) is 0 Å². The first-order valence-electron chi connectivity index (χ1n) is 22.6. The third-order valence-corrected chi connectivity index (χ3v) is 13.1. The Labute approximate surface area is 384 Å². The minimum absolute atomic E-state index is 0.920. The maximum atomic E-state index is 4.70. The molecule has 0 N–H and O–H groups in total. The Morgan fingerprint density at radius 2 is 0.773 bits per heavy atom. The lowest BCUT2D eigenvalue weighted by atomic mass is 9.96. The molecule has 312 valence electrons. The highest BCUT2D eigenvalue weighted by atomic mass is 15.0. The van der Waals surface area contributed by atoms with Gasteiger partial charge in [0.15, 0.2) is 0 Å². The van der Waals surface area contributed by atoms with Gasteiger partial charge < -0.3 is 9.13 Å². The number of benzene rings is 8. The van der Waals surface area contributed by atoms with E-state index in [-0.39, 0.29) is 0 Å². The molecule has 0 aliphatic heterocycles. The lowest BCUT2D eigenvalue weighted by molar-refractivity contribution is 1.17. The smallest absolute Gasteiger partial charge is 0.0708 e. The lowest BCUT2D eigenvalue weighted by Crippen LogP contribution is -1.96. The summed E-state index contributed by atoms with van der Waals surface area (Å²) in [5, 5.41) is 4.94. The predicted octanol–water partition coefficient (Wildman–Crippen LogP) is 16.1. The van der Waals surface area contributed by atoms with E-state index in [0.717, 1.165) is 40.3 Å². The highest BCUT2D eigenvalue weighted by Gasteiger charge is 2.23. The molecule has 1 aliphatic carbocycles. The molecule has 12 aromatic rings. The number of rotatable bonds is 6. The molecule has 8 aromatic carbocycles. The second-order valence-corrected chi connectivity index (χ2v) is 17.0. The van der Waals surface area contributed by atoms with Crippen LogP contribution >= 0.6 is 0 Å². The summed E-state index contributed by atoms with van der Waals surface area (Å²) in [4.78, 5) is 9.40. The van der Waals surface area contributed by atoms with Gasteiger partial charge in [-0.2, -0.15) is 0 Å². The van der Waals surface area contributed by atoms with E-state index < -0.39 is 0 Å². The third-order valence-electron chi connectivity index (χ3n) is 13.1. The maximum Gasteiger partial charge on any atom is 0.0708 e. The highest BCUT2D eigenvalue weighted by molar-refractivity contribution is 6.12. The maximum absolute atomic E-state index is 4.70. The molecule has 4 heterocycles. The average molecular weight is 845 g/mol. The van der Waals surface area contributed by atoms with Crippen LogP contribution in [0.25, 0.3) is 111 Å². The number of hydrogen-bond acceptors (Lipinski definition) is 2. The van der Waals surface area contributed by atoms with E-state index in [1.54, 1.807) is 6.08 Å². The zero-order valence-electron chi connectivity index (χ0n) is 36.6. The van der Waals surface area contributed by atoms with Crippen LogP contribution in [0, 0.1) is 0 Å². The molecule has 0 saturated heterocycles. The number of fused-ring (bicyclic) bond motifs is 9. The molecule has 4 heteroatoms. The van der Waals surface area contributed by atoms with E-state index in [4.69, 9.17) is 9.97 Å². The molecule has 1 aliphatic rings. The van der Waals surface area contributed by atoms with E-state index in [1.165, 1.54) is 88.1 Å². The van der Waals surface area contributed by atoms with Crippen molar-refractivity contribution in [1.82, 2.24) is 19.1 Å². The molecule has 0 atom stereocenters. The summed E-state index contributed by atoms with van der Waals surface area (Å²) in [6, 6.07) is 75.0. The molecular formula is C62H44N4. The van der Waals surface area contributed by atoms with Crippen molar-refractivity contribution in [3.63, 3.8) is 0 Å². The van der Waals surface area contributed by atoms with Crippen LogP contribution in [0.3, 0.4) is 0 Å². The van der Waals surface area contributed by atoms with Gasteiger partial charge in [-0.3, -0.25) is 9.97 Å². The van der Waals surface area contributed by atoms with E-state index >= 15 is 0 Å². The van der Waals surface area contributed by atoms with Crippen molar-refractivity contribution in [2.45, 2.75) is 13.3 Å². The Morgan fingerprint density at radius 1 is 0.379 bits per heavy atom. The molecule has 0 unspecified atom stereocenters. The van der Waals surface area contributed by atoms with Crippen molar-refractivity contribution in [3.05, 3.63) is 242 Å². The van der Waals surface area contributed by atoms with Gasteiger partial charge in [-0.1, -0.05) is 127 Å². The zero-order valence-corrected chi connectivity index (χ0v) is 36.6. The number of hydrogen-bond donors (Lipinski definition) is 0. The van der Waals surface area contributed by atoms with Crippen LogP contribution in [0.15, 0.2) is 231 Å². The van der Waals surface area contributed by atoms with Gasteiger partial charge >= 0.3 is 0 Å². The van der Waals surface area contributed by atoms with Gasteiger partial charge in [-0.25, -0.2) is 0 Å². The number of nitrogens with zero attached hydrogens (tertiary/aromatic N) is 4. The monoisotopic (exact) mass is 844 g/mol. The summed E-state index contributed by atoms with van der Waals surface area (Å²) in [6.45, 7) is 5.25. The molecule has 4 aromatic heterocycles. The Balaban J connectivity index is 0.00000148. The number of para-hydroxylation sites is 2. The van der Waals surface area contributed by atoms with E-state index in [0.29, 0.717) is 0 Å². The fourth-order valence-electron chi connectivity index (χ4n) is 10.2. The first-order chi connectivity index (χ1) is 32.7. The van der Waals surface area contributed by atoms with Crippen molar-refractivity contribution >= 4 is 43.6 Å². The first-order valence-corrected chi connectivity index (χ1v) is 22.6. The molecule has 0 radical (unpaired) electrons. The molecule has 0 saturated carbocycles. The highest BCUT2D eigenvalue weighted by Crippen LogP contribution is 2.44. The summed E-state index contributed by atoms with van der Waals surface area (Å²) in [7, 11) is 0. The van der Waals surface area contributed by atoms with Crippen LogP contribution in [-0.4, -0.2) is 19.1 Å². The molecule has 0 bridgehead atoms. The SMILES string of the molecule is C=CC.c1ccc(-c2ccccc2-c2ccc3c(c2)c2ccccc2n3-c2ccc3c(c2)-c2cc(-n4c5ccccc5c5cc(-c6ccccc6-c6ccccn6)ccc54)ccc2C3)nc1. The van der Waals surface area contributed by atoms with Crippen molar-refractivity contribution in [2.24, 2.45) is 0 Å². The van der Waals surface area contributed by atoms with Crippen LogP contribution < -0.4 is 0 Å². The van der Waals surface area contributed by atoms with Crippen LogP contribution in [0.4, 0.5) is 0 Å². The third kappa shape index (κ3) is 6.45. The molecular weight excluding hydrogens is 801 g/mol. The van der Waals surface area contributed by atoms with Crippen LogP contribution in [0.2, 0.25) is 0 Å². The second kappa shape index (κ2) is 16.2. The molecule has 4 nitrogen and oxygen atoms in total. The summed E-state index contributed by atoms with van der Waals surface area (Å²) >= 11 is 0. The van der Waals surface area contributed by atoms with E-state index in [2.05, 4.69) is 210 Å². The molecule has 13 rings (SSSR count). The van der Waals surface area contributed by atoms with E-state index in [1.807, 2.05) is 31.5 Å². The Hall–Kier alpha value is -8.60. The normalized spacial score (nSPS) is 11.7. The average Bonchev–Trinajstić information content (AvgIpc) is 4.03. The standard InChI is InChI=1S/C59H38N4.C3H6/c1-3-15-46(54-19-9-11-31-60-54)44(13-1)40-25-29-58-52(34-40)48-17-5-7-21-56(48)62(58)42-27-23-38-33-39-24-28-43(37-51(39)50(38)36-42)63-57-22-8-6-18-49(57)53-35-41(26-30-59(53)63)45-14-2-4-16-47(45)55-20-10-12-32-61-55;1-3-2/h1-32,34-37H,33H2;3H,1H2,2H3. The topological polar surface area (TPSA) is 35.6 Å². The second-order valence-electron chi connectivity index (χ2n) is 17.0. The Kier molecular flexibility index (Phi) is 9.57. The van der Waals surface area contributed by atoms with Crippen molar-refractivity contribution in [1.29, 1.82) is 0 Å². The number of pyridine rings is 2. The summed E-state index contributed by atoms with van der Waals surface area (Å²) in [5.74, 6) is 0. The molecule has 0 amide bonds. The minimum atomic E-state index is 0.920. The van der Waals surface area contributed by atoms with Crippen molar-refractivity contribution in [3.8, 4) is 67.3 Å². The predicted molar refractivity (Wildman–Crippen MR) is 277 cm³/mol. The number of aromatic nitrogens is 4. The van der Waals surface area contributed by atoms with Crippen LogP contribution in [0.5, 0.6) is 0 Å². The summed E-state index contributed by atoms with van der Waals surface area (Å²) < 4.78 is 4.88. The molecule has 0 spiro atoms. The molecule has 0 fully saturated rings. The van der Waals surface area contributed by atoms with Gasteiger partial charge in [0.1, 0.15) is 0 Å². The van der Waals surface area contributed by atoms with Gasteiger partial charge in [0.2, 0.25) is 0 Å². The van der Waals surface area contributed by atoms with Gasteiger partial charge in [0.05, 0.1) is 33.5 Å². The quantitative estimate of drug-likeness (QED) is 0.156. The largest absolute Gasteiger partial charge is 0.309 e. The number of allylic oxidation sites excluding steroid dienone is 1. The fourth-order valence-corrected chi connectivity index (χ4v) is 10.2. The molecule has 66 heavy (non-hydrogen) atoms. The first kappa shape index (κ1) is 39.0. The van der Waals surface area contributed by atoms with Crippen LogP contribution in [0.1, 0.15) is 18.1 Å². The summed E-state index contributed by atoms with van der Waals surface area (Å²) in [5.41, 5.74) is 21.3.